The summed E-state index contributed by atoms with van der Waals surface area (Å²) in [6, 6.07) is 3.81. The standard InChI is InChI=1S/C9H8N2OS/c1-11(7-10)9(12)5-4-8-3-2-6-13-8/h2-6H,1H3/b5-4+. The van der Waals surface area contributed by atoms with E-state index in [2.05, 4.69) is 0 Å². The number of thiophene rings is 1. The molecule has 0 atom stereocenters. The van der Waals surface area contributed by atoms with Gasteiger partial charge in [0, 0.05) is 18.0 Å². The van der Waals surface area contributed by atoms with Crippen LogP contribution in [0.15, 0.2) is 23.6 Å². The lowest BCUT2D eigenvalue weighted by Gasteiger charge is -2.00. The van der Waals surface area contributed by atoms with Crippen LogP contribution in [0.4, 0.5) is 0 Å². The Morgan fingerprint density at radius 2 is 2.54 bits per heavy atom. The molecule has 1 heterocycles. The molecule has 0 aliphatic heterocycles. The average molecular weight is 192 g/mol. The van der Waals surface area contributed by atoms with Crippen LogP contribution < -0.4 is 0 Å². The summed E-state index contributed by atoms with van der Waals surface area (Å²) in [5.74, 6) is -0.309. The second-order valence-corrected chi connectivity index (χ2v) is 3.33. The number of hydrogen-bond donors (Lipinski definition) is 0. The van der Waals surface area contributed by atoms with E-state index in [1.54, 1.807) is 23.6 Å². The third kappa shape index (κ3) is 2.73. The summed E-state index contributed by atoms with van der Waals surface area (Å²) in [5, 5.41) is 10.3. The smallest absolute Gasteiger partial charge is 0.259 e. The molecule has 0 aromatic carbocycles. The van der Waals surface area contributed by atoms with Gasteiger partial charge in [-0.2, -0.15) is 5.26 Å². The van der Waals surface area contributed by atoms with Gasteiger partial charge in [0.2, 0.25) is 0 Å². The first kappa shape index (κ1) is 9.49. The summed E-state index contributed by atoms with van der Waals surface area (Å²) in [6.45, 7) is 0. The lowest BCUT2D eigenvalue weighted by molar-refractivity contribution is -0.122. The molecular weight excluding hydrogens is 184 g/mol. The first-order chi connectivity index (χ1) is 6.24. The van der Waals surface area contributed by atoms with Gasteiger partial charge >= 0.3 is 0 Å². The molecule has 13 heavy (non-hydrogen) atoms. The monoisotopic (exact) mass is 192 g/mol. The van der Waals surface area contributed by atoms with E-state index in [1.165, 1.54) is 13.1 Å². The predicted molar refractivity (Wildman–Crippen MR) is 51.7 cm³/mol. The summed E-state index contributed by atoms with van der Waals surface area (Å²) in [4.78, 5) is 13.1. The number of nitriles is 1. The first-order valence-electron chi connectivity index (χ1n) is 3.63. The third-order valence-corrected chi connectivity index (χ3v) is 2.25. The van der Waals surface area contributed by atoms with E-state index in [0.717, 1.165) is 9.78 Å². The van der Waals surface area contributed by atoms with Gasteiger partial charge in [-0.05, 0) is 17.5 Å². The molecule has 0 aliphatic carbocycles. The quantitative estimate of drug-likeness (QED) is 0.406. The SMILES string of the molecule is CN(C#N)C(=O)/C=C/c1cccs1. The van der Waals surface area contributed by atoms with E-state index in [9.17, 15) is 4.79 Å². The van der Waals surface area contributed by atoms with Crippen LogP contribution in [0.25, 0.3) is 6.08 Å². The summed E-state index contributed by atoms with van der Waals surface area (Å²) in [6.07, 6.45) is 4.81. The lowest BCUT2D eigenvalue weighted by Crippen LogP contribution is -2.18. The highest BCUT2D eigenvalue weighted by atomic mass is 32.1. The highest BCUT2D eigenvalue weighted by Crippen LogP contribution is 2.10. The van der Waals surface area contributed by atoms with Crippen molar-refractivity contribution < 1.29 is 4.79 Å². The van der Waals surface area contributed by atoms with Gasteiger partial charge in [-0.15, -0.1) is 11.3 Å². The number of nitrogens with zero attached hydrogens (tertiary/aromatic N) is 2. The molecular formula is C9H8N2OS. The fourth-order valence-electron chi connectivity index (χ4n) is 0.701. The number of likely N-dealkylation sites (N-methyl/N-ethyl adjacent to an activating group) is 1. The van der Waals surface area contributed by atoms with Gasteiger partial charge in [-0.1, -0.05) is 6.07 Å². The molecule has 0 N–H and O–H groups in total. The molecule has 1 amide bonds. The molecule has 1 aromatic heterocycles. The Bertz CT molecular complexity index is 348. The zero-order chi connectivity index (χ0) is 9.68. The summed E-state index contributed by atoms with van der Waals surface area (Å²) < 4.78 is 0. The minimum Gasteiger partial charge on any atom is -0.269 e. The maximum atomic E-state index is 11.1. The summed E-state index contributed by atoms with van der Waals surface area (Å²) >= 11 is 1.54. The normalized spacial score (nSPS) is 9.85. The van der Waals surface area contributed by atoms with Crippen LogP contribution in [0.5, 0.6) is 0 Å². The Labute approximate surface area is 80.5 Å². The number of rotatable bonds is 2. The summed E-state index contributed by atoms with van der Waals surface area (Å²) in [7, 11) is 1.43. The van der Waals surface area contributed by atoms with Crippen molar-refractivity contribution in [1.82, 2.24) is 4.90 Å². The number of hydrogen-bond acceptors (Lipinski definition) is 3. The Morgan fingerprint density at radius 3 is 3.08 bits per heavy atom. The molecule has 0 radical (unpaired) electrons. The Balaban J connectivity index is 2.60. The van der Waals surface area contributed by atoms with Crippen molar-refractivity contribution in [2.24, 2.45) is 0 Å². The molecule has 4 heteroatoms. The molecule has 1 rings (SSSR count). The third-order valence-electron chi connectivity index (χ3n) is 1.41. The lowest BCUT2D eigenvalue weighted by atomic mass is 10.4. The van der Waals surface area contributed by atoms with Crippen molar-refractivity contribution in [3.05, 3.63) is 28.5 Å². The van der Waals surface area contributed by atoms with Gasteiger partial charge in [0.05, 0.1) is 0 Å². The van der Waals surface area contributed by atoms with E-state index < -0.39 is 0 Å². The van der Waals surface area contributed by atoms with Crippen LogP contribution in [-0.2, 0) is 4.79 Å². The second kappa shape index (κ2) is 4.43. The van der Waals surface area contributed by atoms with Crippen LogP contribution in [0.3, 0.4) is 0 Å². The molecule has 0 saturated heterocycles. The van der Waals surface area contributed by atoms with Crippen molar-refractivity contribution >= 4 is 23.3 Å². The Hall–Kier alpha value is -1.60. The van der Waals surface area contributed by atoms with E-state index >= 15 is 0 Å². The van der Waals surface area contributed by atoms with Crippen molar-refractivity contribution in [2.45, 2.75) is 0 Å². The van der Waals surface area contributed by atoms with E-state index in [1.807, 2.05) is 17.5 Å². The molecule has 0 unspecified atom stereocenters. The van der Waals surface area contributed by atoms with E-state index in [4.69, 9.17) is 5.26 Å². The fourth-order valence-corrected chi connectivity index (χ4v) is 1.32. The predicted octanol–water partition coefficient (Wildman–Crippen LogP) is 1.70. The van der Waals surface area contributed by atoms with Gasteiger partial charge in [0.15, 0.2) is 6.19 Å². The van der Waals surface area contributed by atoms with E-state index in [-0.39, 0.29) is 5.91 Å². The molecule has 0 saturated carbocycles. The second-order valence-electron chi connectivity index (χ2n) is 2.35. The van der Waals surface area contributed by atoms with Crippen LogP contribution in [0.2, 0.25) is 0 Å². The van der Waals surface area contributed by atoms with Crippen molar-refractivity contribution in [2.75, 3.05) is 7.05 Å². The highest BCUT2D eigenvalue weighted by Gasteiger charge is 2.01. The highest BCUT2D eigenvalue weighted by molar-refractivity contribution is 7.10. The van der Waals surface area contributed by atoms with Crippen molar-refractivity contribution in [1.29, 1.82) is 5.26 Å². The minimum atomic E-state index is -0.309. The maximum absolute atomic E-state index is 11.1. The number of amides is 1. The van der Waals surface area contributed by atoms with E-state index in [0.29, 0.717) is 0 Å². The van der Waals surface area contributed by atoms with Crippen molar-refractivity contribution in [3.63, 3.8) is 0 Å². The zero-order valence-electron chi connectivity index (χ0n) is 7.10. The van der Waals surface area contributed by atoms with Crippen molar-refractivity contribution in [3.8, 4) is 6.19 Å². The fraction of sp³-hybridized carbons (Fsp3) is 0.111. The van der Waals surface area contributed by atoms with Gasteiger partial charge in [-0.25, -0.2) is 4.90 Å². The molecule has 3 nitrogen and oxygen atoms in total. The average Bonchev–Trinajstić information content (AvgIpc) is 2.65. The Kier molecular flexibility index (Phi) is 3.23. The van der Waals surface area contributed by atoms with Gasteiger partial charge in [-0.3, -0.25) is 4.79 Å². The number of carbonyl (C=O) groups excluding carboxylic acids is 1. The first-order valence-corrected chi connectivity index (χ1v) is 4.51. The van der Waals surface area contributed by atoms with Gasteiger partial charge in [0.25, 0.3) is 5.91 Å². The largest absolute Gasteiger partial charge is 0.269 e. The molecule has 1 aromatic rings. The molecule has 0 spiro atoms. The van der Waals surface area contributed by atoms with Crippen LogP contribution in [0, 0.1) is 11.5 Å². The molecule has 0 bridgehead atoms. The van der Waals surface area contributed by atoms with Gasteiger partial charge in [0.1, 0.15) is 0 Å². The Morgan fingerprint density at radius 1 is 1.77 bits per heavy atom. The van der Waals surface area contributed by atoms with Gasteiger partial charge < -0.3 is 0 Å². The molecule has 0 fully saturated rings. The topological polar surface area (TPSA) is 44.1 Å². The minimum absolute atomic E-state index is 0.309. The van der Waals surface area contributed by atoms with Crippen LogP contribution in [-0.4, -0.2) is 17.9 Å². The molecule has 66 valence electrons. The maximum Gasteiger partial charge on any atom is 0.259 e. The van der Waals surface area contributed by atoms with Crippen LogP contribution in [0.1, 0.15) is 4.88 Å². The van der Waals surface area contributed by atoms with Crippen LogP contribution >= 0.6 is 11.3 Å². The summed E-state index contributed by atoms with van der Waals surface area (Å²) in [5.41, 5.74) is 0. The number of carbonyl (C=O) groups is 1. The zero-order valence-corrected chi connectivity index (χ0v) is 7.91. The molecule has 0 aliphatic rings.